The van der Waals surface area contributed by atoms with Crippen molar-refractivity contribution >= 4 is 29.3 Å². The van der Waals surface area contributed by atoms with Gasteiger partial charge in [0, 0.05) is 17.8 Å². The highest BCUT2D eigenvalue weighted by Crippen LogP contribution is 2.17. The fourth-order valence-electron chi connectivity index (χ4n) is 2.21. The fraction of sp³-hybridized carbons (Fsp3) is 0.211. The second-order valence-electron chi connectivity index (χ2n) is 5.45. The number of urea groups is 1. The van der Waals surface area contributed by atoms with Crippen LogP contribution in [0.5, 0.6) is 0 Å². The molecular weight excluding hydrogens is 334 g/mol. The van der Waals surface area contributed by atoms with Gasteiger partial charge in [-0.15, -0.1) is 0 Å². The van der Waals surface area contributed by atoms with Gasteiger partial charge in [-0.3, -0.25) is 4.79 Å². The van der Waals surface area contributed by atoms with E-state index in [1.807, 2.05) is 6.92 Å². The van der Waals surface area contributed by atoms with E-state index in [1.165, 1.54) is 7.11 Å². The smallest absolute Gasteiger partial charge is 0.339 e. The van der Waals surface area contributed by atoms with Crippen LogP contribution in [0.2, 0.25) is 0 Å². The molecule has 0 unspecified atom stereocenters. The first kappa shape index (κ1) is 19.0. The molecule has 7 nitrogen and oxygen atoms in total. The number of carbonyl (C=O) groups is 3. The van der Waals surface area contributed by atoms with Crippen molar-refractivity contribution in [2.45, 2.75) is 13.3 Å². The second-order valence-corrected chi connectivity index (χ2v) is 5.45. The summed E-state index contributed by atoms with van der Waals surface area (Å²) < 4.78 is 4.69. The van der Waals surface area contributed by atoms with Crippen LogP contribution < -0.4 is 16.0 Å². The quantitative estimate of drug-likeness (QED) is 0.693. The molecule has 2 aromatic rings. The lowest BCUT2D eigenvalue weighted by Crippen LogP contribution is -2.24. The van der Waals surface area contributed by atoms with E-state index in [9.17, 15) is 14.4 Å². The molecule has 3 N–H and O–H groups in total. The van der Waals surface area contributed by atoms with Gasteiger partial charge in [0.1, 0.15) is 0 Å². The van der Waals surface area contributed by atoms with Gasteiger partial charge in [0.2, 0.25) is 0 Å². The minimum atomic E-state index is -0.539. The van der Waals surface area contributed by atoms with Crippen LogP contribution in [0.4, 0.5) is 16.2 Å². The number of esters is 1. The molecule has 2 rings (SSSR count). The molecule has 2 aromatic carbocycles. The maximum atomic E-state index is 12.2. The van der Waals surface area contributed by atoms with Crippen LogP contribution in [0.1, 0.15) is 34.1 Å². The van der Waals surface area contributed by atoms with E-state index in [0.29, 0.717) is 23.5 Å². The lowest BCUT2D eigenvalue weighted by atomic mass is 10.2. The van der Waals surface area contributed by atoms with Crippen molar-refractivity contribution in [3.63, 3.8) is 0 Å². The zero-order valence-electron chi connectivity index (χ0n) is 14.7. The highest BCUT2D eigenvalue weighted by atomic mass is 16.5. The first-order valence-corrected chi connectivity index (χ1v) is 8.18. The van der Waals surface area contributed by atoms with E-state index in [1.54, 1.807) is 48.5 Å². The molecule has 0 spiro atoms. The van der Waals surface area contributed by atoms with Crippen LogP contribution in [0.3, 0.4) is 0 Å². The van der Waals surface area contributed by atoms with Crippen molar-refractivity contribution in [1.82, 2.24) is 5.32 Å². The second kappa shape index (κ2) is 9.22. The maximum Gasteiger partial charge on any atom is 0.339 e. The van der Waals surface area contributed by atoms with Gasteiger partial charge >= 0.3 is 12.0 Å². The first-order valence-electron chi connectivity index (χ1n) is 8.18. The standard InChI is InChI=1S/C19H21N3O4/c1-3-12-20-17(23)13-8-10-14(11-9-13)21-19(25)22-16-7-5-4-6-15(16)18(24)26-2/h4-11H,3,12H2,1-2H3,(H,20,23)(H2,21,22,25). The van der Waals surface area contributed by atoms with Crippen LogP contribution in [0.25, 0.3) is 0 Å². The molecule has 0 aromatic heterocycles. The van der Waals surface area contributed by atoms with Gasteiger partial charge in [0.05, 0.1) is 18.4 Å². The number of benzene rings is 2. The van der Waals surface area contributed by atoms with E-state index in [0.717, 1.165) is 6.42 Å². The maximum absolute atomic E-state index is 12.2. The molecule has 0 aliphatic rings. The summed E-state index contributed by atoms with van der Waals surface area (Å²) in [4.78, 5) is 35.7. The van der Waals surface area contributed by atoms with Gasteiger partial charge in [-0.05, 0) is 42.8 Å². The molecule has 0 heterocycles. The van der Waals surface area contributed by atoms with Crippen LogP contribution in [0.15, 0.2) is 48.5 Å². The third-order valence-electron chi connectivity index (χ3n) is 3.52. The Balaban J connectivity index is 2.00. The topological polar surface area (TPSA) is 96.5 Å². The Hall–Kier alpha value is -3.35. The predicted molar refractivity (Wildman–Crippen MR) is 99.5 cm³/mol. The highest BCUT2D eigenvalue weighted by Gasteiger charge is 2.13. The summed E-state index contributed by atoms with van der Waals surface area (Å²) in [5, 5.41) is 8.04. The van der Waals surface area contributed by atoms with Gasteiger partial charge < -0.3 is 20.7 Å². The molecule has 0 aliphatic carbocycles. The van der Waals surface area contributed by atoms with Crippen molar-refractivity contribution < 1.29 is 19.1 Å². The minimum Gasteiger partial charge on any atom is -0.465 e. The average molecular weight is 355 g/mol. The van der Waals surface area contributed by atoms with E-state index >= 15 is 0 Å². The molecular formula is C19H21N3O4. The van der Waals surface area contributed by atoms with Crippen molar-refractivity contribution in [3.8, 4) is 0 Å². The third kappa shape index (κ3) is 5.07. The number of amides is 3. The van der Waals surface area contributed by atoms with E-state index in [-0.39, 0.29) is 11.5 Å². The summed E-state index contributed by atoms with van der Waals surface area (Å²) in [5.74, 6) is -0.696. The lowest BCUT2D eigenvalue weighted by Gasteiger charge is -2.11. The average Bonchev–Trinajstić information content (AvgIpc) is 2.66. The largest absolute Gasteiger partial charge is 0.465 e. The summed E-state index contributed by atoms with van der Waals surface area (Å²) in [7, 11) is 1.28. The molecule has 3 amide bonds. The van der Waals surface area contributed by atoms with Crippen molar-refractivity contribution in [2.24, 2.45) is 0 Å². The number of para-hydroxylation sites is 1. The number of nitrogens with one attached hydrogen (secondary N) is 3. The molecule has 0 fully saturated rings. The summed E-state index contributed by atoms with van der Waals surface area (Å²) in [6.45, 7) is 2.59. The van der Waals surface area contributed by atoms with Crippen LogP contribution in [-0.4, -0.2) is 31.6 Å². The van der Waals surface area contributed by atoms with Crippen LogP contribution >= 0.6 is 0 Å². The Kier molecular flexibility index (Phi) is 6.73. The molecule has 7 heteroatoms. The molecule has 0 saturated carbocycles. The van der Waals surface area contributed by atoms with Gasteiger partial charge in [0.25, 0.3) is 5.91 Å². The minimum absolute atomic E-state index is 0.158. The van der Waals surface area contributed by atoms with Crippen LogP contribution in [-0.2, 0) is 4.74 Å². The first-order chi connectivity index (χ1) is 12.5. The number of hydrogen-bond acceptors (Lipinski definition) is 4. The van der Waals surface area contributed by atoms with E-state index < -0.39 is 12.0 Å². The predicted octanol–water partition coefficient (Wildman–Crippen LogP) is 3.26. The number of rotatable bonds is 6. The number of methoxy groups -OCH3 is 1. The van der Waals surface area contributed by atoms with Crippen molar-refractivity contribution in [1.29, 1.82) is 0 Å². The lowest BCUT2D eigenvalue weighted by molar-refractivity contribution is 0.0601. The summed E-state index contributed by atoms with van der Waals surface area (Å²) in [6, 6.07) is 12.6. The third-order valence-corrected chi connectivity index (χ3v) is 3.52. The Morgan fingerprint density at radius 3 is 2.31 bits per heavy atom. The molecule has 26 heavy (non-hydrogen) atoms. The summed E-state index contributed by atoms with van der Waals surface area (Å²) >= 11 is 0. The Morgan fingerprint density at radius 1 is 0.962 bits per heavy atom. The van der Waals surface area contributed by atoms with E-state index in [2.05, 4.69) is 16.0 Å². The molecule has 136 valence electrons. The van der Waals surface area contributed by atoms with Gasteiger partial charge in [-0.1, -0.05) is 19.1 Å². The zero-order chi connectivity index (χ0) is 18.9. The highest BCUT2D eigenvalue weighted by molar-refractivity contribution is 6.05. The Labute approximate surface area is 151 Å². The van der Waals surface area contributed by atoms with Gasteiger partial charge in [-0.25, -0.2) is 9.59 Å². The van der Waals surface area contributed by atoms with E-state index in [4.69, 9.17) is 4.74 Å². The molecule has 0 aliphatic heterocycles. The molecule has 0 atom stereocenters. The number of anilines is 2. The molecule has 0 radical (unpaired) electrons. The zero-order valence-corrected chi connectivity index (χ0v) is 14.7. The molecule has 0 bridgehead atoms. The summed E-state index contributed by atoms with van der Waals surface area (Å²) in [6.07, 6.45) is 0.860. The number of hydrogen-bond donors (Lipinski definition) is 3. The normalized spacial score (nSPS) is 9.92. The Morgan fingerprint density at radius 2 is 1.65 bits per heavy atom. The fourth-order valence-corrected chi connectivity index (χ4v) is 2.21. The molecule has 0 saturated heterocycles. The van der Waals surface area contributed by atoms with Crippen molar-refractivity contribution in [3.05, 3.63) is 59.7 Å². The van der Waals surface area contributed by atoms with Crippen LogP contribution in [0, 0.1) is 0 Å². The van der Waals surface area contributed by atoms with Gasteiger partial charge in [0.15, 0.2) is 0 Å². The van der Waals surface area contributed by atoms with Crippen molar-refractivity contribution in [2.75, 3.05) is 24.3 Å². The SMILES string of the molecule is CCCNC(=O)c1ccc(NC(=O)Nc2ccccc2C(=O)OC)cc1. The van der Waals surface area contributed by atoms with Gasteiger partial charge in [-0.2, -0.15) is 0 Å². The number of carbonyl (C=O) groups excluding carboxylic acids is 3. The number of ether oxygens (including phenoxy) is 1. The monoisotopic (exact) mass is 355 g/mol. The Bertz CT molecular complexity index is 788. The summed E-state index contributed by atoms with van der Waals surface area (Å²) in [5.41, 5.74) is 1.63.